The van der Waals surface area contributed by atoms with Crippen molar-refractivity contribution in [2.75, 3.05) is 32.5 Å². The standard InChI is InChI=1S/C13H21N5/c1-10-8-12(14-6-5-7-17(3)4)18-13(15-10)9-11(2)16-18/h8-9,14H,5-7H2,1-4H3. The molecule has 0 aliphatic carbocycles. The van der Waals surface area contributed by atoms with Gasteiger partial charge in [-0.2, -0.15) is 9.61 Å². The second kappa shape index (κ2) is 5.35. The molecule has 5 nitrogen and oxygen atoms in total. The molecule has 0 saturated heterocycles. The van der Waals surface area contributed by atoms with Gasteiger partial charge >= 0.3 is 0 Å². The number of aryl methyl sites for hydroxylation is 2. The molecule has 0 atom stereocenters. The molecule has 2 heterocycles. The molecule has 98 valence electrons. The van der Waals surface area contributed by atoms with E-state index >= 15 is 0 Å². The van der Waals surface area contributed by atoms with Gasteiger partial charge in [0.15, 0.2) is 5.65 Å². The fourth-order valence-electron chi connectivity index (χ4n) is 1.95. The molecule has 0 aromatic carbocycles. The third-order valence-corrected chi connectivity index (χ3v) is 2.77. The van der Waals surface area contributed by atoms with Gasteiger partial charge in [0, 0.05) is 24.4 Å². The molecule has 0 unspecified atom stereocenters. The van der Waals surface area contributed by atoms with Crippen molar-refractivity contribution in [1.82, 2.24) is 19.5 Å². The van der Waals surface area contributed by atoms with Gasteiger partial charge < -0.3 is 10.2 Å². The lowest BCUT2D eigenvalue weighted by Gasteiger charge is -2.11. The van der Waals surface area contributed by atoms with E-state index in [2.05, 4.69) is 34.4 Å². The number of rotatable bonds is 5. The van der Waals surface area contributed by atoms with Crippen LogP contribution in [0.4, 0.5) is 5.82 Å². The van der Waals surface area contributed by atoms with Gasteiger partial charge in [-0.15, -0.1) is 0 Å². The van der Waals surface area contributed by atoms with E-state index in [4.69, 9.17) is 0 Å². The van der Waals surface area contributed by atoms with Gasteiger partial charge in [0.2, 0.25) is 0 Å². The Kier molecular flexibility index (Phi) is 3.81. The van der Waals surface area contributed by atoms with Crippen molar-refractivity contribution in [3.8, 4) is 0 Å². The van der Waals surface area contributed by atoms with Gasteiger partial charge in [-0.25, -0.2) is 4.98 Å². The molecule has 2 rings (SSSR count). The summed E-state index contributed by atoms with van der Waals surface area (Å²) in [5, 5.41) is 7.88. The lowest BCUT2D eigenvalue weighted by atomic mass is 10.3. The molecule has 5 heteroatoms. The first-order chi connectivity index (χ1) is 8.56. The predicted molar refractivity (Wildman–Crippen MR) is 74.1 cm³/mol. The van der Waals surface area contributed by atoms with E-state index < -0.39 is 0 Å². The molecule has 2 aromatic heterocycles. The Morgan fingerprint density at radius 3 is 2.72 bits per heavy atom. The van der Waals surface area contributed by atoms with Gasteiger partial charge in [-0.1, -0.05) is 0 Å². The van der Waals surface area contributed by atoms with Crippen LogP contribution < -0.4 is 5.32 Å². The van der Waals surface area contributed by atoms with E-state index in [9.17, 15) is 0 Å². The maximum absolute atomic E-state index is 4.47. The van der Waals surface area contributed by atoms with Crippen LogP contribution in [0.5, 0.6) is 0 Å². The maximum Gasteiger partial charge on any atom is 0.157 e. The molecule has 0 fully saturated rings. The van der Waals surface area contributed by atoms with Crippen LogP contribution in [0.1, 0.15) is 17.8 Å². The molecular formula is C13H21N5. The first-order valence-corrected chi connectivity index (χ1v) is 6.29. The summed E-state index contributed by atoms with van der Waals surface area (Å²) in [6.07, 6.45) is 1.11. The normalized spacial score (nSPS) is 11.4. The highest BCUT2D eigenvalue weighted by Gasteiger charge is 2.05. The van der Waals surface area contributed by atoms with Gasteiger partial charge in [-0.3, -0.25) is 0 Å². The van der Waals surface area contributed by atoms with Crippen molar-refractivity contribution in [3.05, 3.63) is 23.5 Å². The highest BCUT2D eigenvalue weighted by atomic mass is 15.3. The largest absolute Gasteiger partial charge is 0.370 e. The zero-order chi connectivity index (χ0) is 13.1. The van der Waals surface area contributed by atoms with E-state index in [0.717, 1.165) is 42.4 Å². The quantitative estimate of drug-likeness (QED) is 0.817. The Labute approximate surface area is 108 Å². The lowest BCUT2D eigenvalue weighted by Crippen LogP contribution is -2.17. The minimum Gasteiger partial charge on any atom is -0.370 e. The van der Waals surface area contributed by atoms with Crippen molar-refractivity contribution in [2.45, 2.75) is 20.3 Å². The maximum atomic E-state index is 4.47. The molecule has 0 spiro atoms. The van der Waals surface area contributed by atoms with Crippen LogP contribution in [0.15, 0.2) is 12.1 Å². The molecule has 0 bridgehead atoms. The molecule has 1 N–H and O–H groups in total. The van der Waals surface area contributed by atoms with Crippen LogP contribution in [0.2, 0.25) is 0 Å². The van der Waals surface area contributed by atoms with Crippen LogP contribution in [-0.2, 0) is 0 Å². The molecule has 0 aliphatic rings. The molecule has 18 heavy (non-hydrogen) atoms. The molecular weight excluding hydrogens is 226 g/mol. The van der Waals surface area contributed by atoms with Gasteiger partial charge in [0.05, 0.1) is 5.69 Å². The zero-order valence-corrected chi connectivity index (χ0v) is 11.6. The monoisotopic (exact) mass is 247 g/mol. The van der Waals surface area contributed by atoms with E-state index in [-0.39, 0.29) is 0 Å². The van der Waals surface area contributed by atoms with Crippen LogP contribution in [0, 0.1) is 13.8 Å². The third kappa shape index (κ3) is 2.98. The van der Waals surface area contributed by atoms with Crippen molar-refractivity contribution in [2.24, 2.45) is 0 Å². The average molecular weight is 247 g/mol. The number of nitrogens with one attached hydrogen (secondary N) is 1. The predicted octanol–water partition coefficient (Wildman–Crippen LogP) is 1.71. The SMILES string of the molecule is Cc1cc(NCCCN(C)C)n2nc(C)cc2n1. The van der Waals surface area contributed by atoms with E-state index in [1.165, 1.54) is 0 Å². The first-order valence-electron chi connectivity index (χ1n) is 6.29. The van der Waals surface area contributed by atoms with E-state index in [0.29, 0.717) is 0 Å². The lowest BCUT2D eigenvalue weighted by molar-refractivity contribution is 0.405. The smallest absolute Gasteiger partial charge is 0.157 e. The van der Waals surface area contributed by atoms with Gasteiger partial charge in [0.25, 0.3) is 0 Å². The van der Waals surface area contributed by atoms with Gasteiger partial charge in [0.1, 0.15) is 5.82 Å². The first kappa shape index (κ1) is 12.8. The molecule has 0 amide bonds. The Morgan fingerprint density at radius 2 is 2.00 bits per heavy atom. The van der Waals surface area contributed by atoms with Crippen LogP contribution in [0.25, 0.3) is 5.65 Å². The number of hydrogen-bond donors (Lipinski definition) is 1. The Hall–Kier alpha value is -1.62. The third-order valence-electron chi connectivity index (χ3n) is 2.77. The summed E-state index contributed by atoms with van der Waals surface area (Å²) in [4.78, 5) is 6.65. The highest BCUT2D eigenvalue weighted by molar-refractivity contribution is 5.50. The molecule has 2 aromatic rings. The van der Waals surface area contributed by atoms with Gasteiger partial charge in [-0.05, 0) is 40.9 Å². The summed E-state index contributed by atoms with van der Waals surface area (Å²) in [5.74, 6) is 1.02. The Morgan fingerprint density at radius 1 is 1.22 bits per heavy atom. The van der Waals surface area contributed by atoms with E-state index in [1.807, 2.05) is 30.5 Å². The highest BCUT2D eigenvalue weighted by Crippen LogP contribution is 2.13. The summed E-state index contributed by atoms with van der Waals surface area (Å²) in [6, 6.07) is 4.03. The van der Waals surface area contributed by atoms with Crippen molar-refractivity contribution in [3.63, 3.8) is 0 Å². The topological polar surface area (TPSA) is 45.5 Å². The zero-order valence-electron chi connectivity index (χ0n) is 11.6. The van der Waals surface area contributed by atoms with E-state index in [1.54, 1.807) is 0 Å². The minimum absolute atomic E-state index is 0.905. The number of anilines is 1. The summed E-state index contributed by atoms with van der Waals surface area (Å²) < 4.78 is 1.87. The van der Waals surface area contributed by atoms with Crippen LogP contribution in [0.3, 0.4) is 0 Å². The Balaban J connectivity index is 2.11. The fraction of sp³-hybridized carbons (Fsp3) is 0.538. The second-order valence-corrected chi connectivity index (χ2v) is 4.92. The fourth-order valence-corrected chi connectivity index (χ4v) is 1.95. The average Bonchev–Trinajstić information content (AvgIpc) is 2.64. The molecule has 0 aliphatic heterocycles. The summed E-state index contributed by atoms with van der Waals surface area (Å²) in [5.41, 5.74) is 2.91. The molecule has 0 saturated carbocycles. The minimum atomic E-state index is 0.905. The number of aromatic nitrogens is 3. The number of nitrogens with zero attached hydrogens (tertiary/aromatic N) is 4. The molecule has 0 radical (unpaired) electrons. The number of hydrogen-bond acceptors (Lipinski definition) is 4. The van der Waals surface area contributed by atoms with Crippen molar-refractivity contribution >= 4 is 11.5 Å². The van der Waals surface area contributed by atoms with Crippen LogP contribution in [-0.4, -0.2) is 46.7 Å². The van der Waals surface area contributed by atoms with Crippen LogP contribution >= 0.6 is 0 Å². The summed E-state index contributed by atoms with van der Waals surface area (Å²) >= 11 is 0. The Bertz CT molecular complexity index is 529. The number of fused-ring (bicyclic) bond motifs is 1. The van der Waals surface area contributed by atoms with Crippen molar-refractivity contribution in [1.29, 1.82) is 0 Å². The van der Waals surface area contributed by atoms with Crippen molar-refractivity contribution < 1.29 is 0 Å². The summed E-state index contributed by atoms with van der Waals surface area (Å²) in [7, 11) is 4.18. The summed E-state index contributed by atoms with van der Waals surface area (Å²) in [6.45, 7) is 6.02. The second-order valence-electron chi connectivity index (χ2n) is 4.92.